The second kappa shape index (κ2) is 9.22. The molecule has 3 heterocycles. The first-order chi connectivity index (χ1) is 14.2. The summed E-state index contributed by atoms with van der Waals surface area (Å²) in [4.78, 5) is 37.7. The second-order valence-electron chi connectivity index (χ2n) is 9.98. The van der Waals surface area contributed by atoms with Crippen molar-refractivity contribution in [3.05, 3.63) is 0 Å². The van der Waals surface area contributed by atoms with Crippen molar-refractivity contribution < 1.29 is 24.2 Å². The Hall–Kier alpha value is -1.67. The molecule has 2 bridgehead atoms. The molecule has 2 N–H and O–H groups in total. The zero-order chi connectivity index (χ0) is 21.9. The lowest BCUT2D eigenvalue weighted by atomic mass is 9.73. The molecule has 4 aliphatic rings. The Kier molecular flexibility index (Phi) is 7.07. The molecule has 0 radical (unpaired) electrons. The van der Waals surface area contributed by atoms with E-state index < -0.39 is 0 Å². The van der Waals surface area contributed by atoms with Gasteiger partial charge < -0.3 is 25.0 Å². The number of likely N-dealkylation sites (N-methyl/N-ethyl adjacent to an activating group) is 1. The molecule has 4 atom stereocenters. The van der Waals surface area contributed by atoms with Crippen molar-refractivity contribution in [1.82, 2.24) is 15.1 Å². The lowest BCUT2D eigenvalue weighted by Crippen LogP contribution is -2.46. The van der Waals surface area contributed by atoms with Crippen LogP contribution in [0.25, 0.3) is 0 Å². The quantitative estimate of drug-likeness (QED) is 0.648. The fraction of sp³-hybridized carbons (Fsp3) is 0.864. The number of rotatable bonds is 5. The van der Waals surface area contributed by atoms with Crippen LogP contribution in [0.1, 0.15) is 51.9 Å². The molecule has 0 aromatic rings. The lowest BCUT2D eigenvalue weighted by Gasteiger charge is -2.34. The Labute approximate surface area is 179 Å². The summed E-state index contributed by atoms with van der Waals surface area (Å²) in [6, 6.07) is 0. The van der Waals surface area contributed by atoms with Crippen LogP contribution < -0.4 is 5.32 Å². The molecule has 8 nitrogen and oxygen atoms in total. The zero-order valence-electron chi connectivity index (χ0n) is 18.6. The Bertz CT molecular complexity index is 649. The Morgan fingerprint density at radius 3 is 2.53 bits per heavy atom. The number of carboxylic acid groups (broad SMARTS) is 1. The third-order valence-corrected chi connectivity index (χ3v) is 7.59. The molecule has 0 aromatic carbocycles. The summed E-state index contributed by atoms with van der Waals surface area (Å²) in [5.74, 6) is 1.11. The number of hydrogen-bond acceptors (Lipinski definition) is 5. The van der Waals surface area contributed by atoms with Gasteiger partial charge in [0, 0.05) is 30.3 Å². The number of carbonyl (C=O) groups excluding carboxylic acids is 2. The number of nitrogens with zero attached hydrogens (tertiary/aromatic N) is 2. The predicted molar refractivity (Wildman–Crippen MR) is 112 cm³/mol. The van der Waals surface area contributed by atoms with Crippen LogP contribution >= 0.6 is 0 Å². The van der Waals surface area contributed by atoms with Gasteiger partial charge in [-0.25, -0.2) is 0 Å². The molecule has 4 rings (SSSR count). The van der Waals surface area contributed by atoms with Gasteiger partial charge in [0.15, 0.2) is 0 Å². The monoisotopic (exact) mass is 423 g/mol. The van der Waals surface area contributed by atoms with Gasteiger partial charge in [-0.2, -0.15) is 0 Å². The molecule has 3 saturated heterocycles. The number of ether oxygens (including phenoxy) is 1. The van der Waals surface area contributed by atoms with Crippen LogP contribution in [-0.2, 0) is 19.1 Å². The molecule has 1 saturated carbocycles. The van der Waals surface area contributed by atoms with Crippen molar-refractivity contribution in [2.45, 2.75) is 63.6 Å². The van der Waals surface area contributed by atoms with E-state index in [4.69, 9.17) is 14.6 Å². The number of nitrogens with one attached hydrogen (secondary N) is 1. The number of fused-ring (bicyclic) bond motifs is 1. The summed E-state index contributed by atoms with van der Waals surface area (Å²) in [7, 11) is 3.86. The van der Waals surface area contributed by atoms with E-state index in [1.165, 1.54) is 6.42 Å². The highest BCUT2D eigenvalue weighted by atomic mass is 16.5. The standard InChI is InChI=1S/C21H35N3O3.CH2O2/c1-20(8-5-4-6-9-20)19(26)22-11-15-16-12-24(18(25)13-23(2)3)14-21(16)10-7-17(15)27-21;2-1-3/h15-17H,4-14H2,1-3H3,(H,22,26);1H,(H,2,3)/t15-,16+,17+,21+;/m0./s1. The van der Waals surface area contributed by atoms with E-state index in [0.29, 0.717) is 24.9 Å². The first kappa shape index (κ1) is 23.0. The minimum atomic E-state index is -0.250. The summed E-state index contributed by atoms with van der Waals surface area (Å²) in [6.07, 6.45) is 7.94. The summed E-state index contributed by atoms with van der Waals surface area (Å²) in [6.45, 7) is 4.52. The van der Waals surface area contributed by atoms with E-state index in [2.05, 4.69) is 12.2 Å². The minimum Gasteiger partial charge on any atom is -0.483 e. The molecule has 0 aromatic heterocycles. The average Bonchev–Trinajstić information content (AvgIpc) is 3.35. The van der Waals surface area contributed by atoms with Crippen LogP contribution in [0, 0.1) is 17.3 Å². The maximum atomic E-state index is 12.8. The topological polar surface area (TPSA) is 99.2 Å². The first-order valence-corrected chi connectivity index (χ1v) is 11.2. The summed E-state index contributed by atoms with van der Waals surface area (Å²) >= 11 is 0. The highest BCUT2D eigenvalue weighted by Crippen LogP contribution is 2.54. The molecular formula is C22H37N3O5. The summed E-state index contributed by atoms with van der Waals surface area (Å²) < 4.78 is 6.43. The smallest absolute Gasteiger partial charge is 0.290 e. The molecular weight excluding hydrogens is 386 g/mol. The van der Waals surface area contributed by atoms with Crippen LogP contribution in [0.2, 0.25) is 0 Å². The Morgan fingerprint density at radius 2 is 1.90 bits per heavy atom. The van der Waals surface area contributed by atoms with Crippen molar-refractivity contribution in [1.29, 1.82) is 0 Å². The summed E-state index contributed by atoms with van der Waals surface area (Å²) in [5.41, 5.74) is -0.353. The van der Waals surface area contributed by atoms with Gasteiger partial charge >= 0.3 is 0 Å². The third-order valence-electron chi connectivity index (χ3n) is 7.59. The SMILES string of the molecule is CN(C)CC(=O)N1C[C@@H]2[C@H](CNC(=O)C3(C)CCCCC3)[C@H]3CC[C@]2(C1)O3.O=CO. The van der Waals surface area contributed by atoms with Gasteiger partial charge in [0.2, 0.25) is 11.8 Å². The predicted octanol–water partition coefficient (Wildman–Crippen LogP) is 1.34. The first-order valence-electron chi connectivity index (χ1n) is 11.2. The second-order valence-corrected chi connectivity index (χ2v) is 9.98. The highest BCUT2D eigenvalue weighted by Gasteiger charge is 2.63. The molecule has 0 unspecified atom stereocenters. The fourth-order valence-corrected chi connectivity index (χ4v) is 6.01. The van der Waals surface area contributed by atoms with Crippen molar-refractivity contribution in [2.24, 2.45) is 17.3 Å². The Morgan fingerprint density at radius 1 is 1.23 bits per heavy atom. The Balaban J connectivity index is 0.000000806. The van der Waals surface area contributed by atoms with Crippen LogP contribution in [-0.4, -0.2) is 85.2 Å². The molecule has 3 aliphatic heterocycles. The minimum absolute atomic E-state index is 0.156. The van der Waals surface area contributed by atoms with Gasteiger partial charge in [0.1, 0.15) is 0 Å². The van der Waals surface area contributed by atoms with E-state index in [1.54, 1.807) is 0 Å². The fourth-order valence-electron chi connectivity index (χ4n) is 6.01. The van der Waals surface area contributed by atoms with Gasteiger partial charge in [-0.3, -0.25) is 14.4 Å². The van der Waals surface area contributed by atoms with Crippen molar-refractivity contribution in [3.8, 4) is 0 Å². The molecule has 4 fully saturated rings. The van der Waals surface area contributed by atoms with Crippen LogP contribution in [0.5, 0.6) is 0 Å². The largest absolute Gasteiger partial charge is 0.483 e. The van der Waals surface area contributed by atoms with E-state index in [9.17, 15) is 9.59 Å². The van der Waals surface area contributed by atoms with Crippen LogP contribution in [0.4, 0.5) is 0 Å². The van der Waals surface area contributed by atoms with Gasteiger partial charge in [0.05, 0.1) is 24.8 Å². The number of hydrogen-bond donors (Lipinski definition) is 2. The average molecular weight is 424 g/mol. The number of likely N-dealkylation sites (tertiary alicyclic amines) is 1. The van der Waals surface area contributed by atoms with E-state index in [1.807, 2.05) is 23.9 Å². The zero-order valence-corrected chi connectivity index (χ0v) is 18.6. The summed E-state index contributed by atoms with van der Waals surface area (Å²) in [5, 5.41) is 10.2. The molecule has 1 spiro atoms. The van der Waals surface area contributed by atoms with Gasteiger partial charge in [0.25, 0.3) is 6.47 Å². The van der Waals surface area contributed by atoms with Gasteiger partial charge in [-0.15, -0.1) is 0 Å². The van der Waals surface area contributed by atoms with Crippen molar-refractivity contribution in [3.63, 3.8) is 0 Å². The molecule has 170 valence electrons. The van der Waals surface area contributed by atoms with Crippen LogP contribution in [0.15, 0.2) is 0 Å². The molecule has 1 aliphatic carbocycles. The number of carbonyl (C=O) groups is 3. The van der Waals surface area contributed by atoms with E-state index in [0.717, 1.165) is 51.6 Å². The molecule has 8 heteroatoms. The highest BCUT2D eigenvalue weighted by molar-refractivity contribution is 5.82. The van der Waals surface area contributed by atoms with Gasteiger partial charge in [-0.1, -0.05) is 26.2 Å². The van der Waals surface area contributed by atoms with Crippen LogP contribution in [0.3, 0.4) is 0 Å². The maximum Gasteiger partial charge on any atom is 0.290 e. The number of amides is 2. The van der Waals surface area contributed by atoms with E-state index >= 15 is 0 Å². The van der Waals surface area contributed by atoms with Crippen molar-refractivity contribution in [2.75, 3.05) is 40.3 Å². The third kappa shape index (κ3) is 4.49. The van der Waals surface area contributed by atoms with E-state index in [-0.39, 0.29) is 35.4 Å². The molecule has 30 heavy (non-hydrogen) atoms. The normalized spacial score (nSPS) is 33.6. The van der Waals surface area contributed by atoms with Gasteiger partial charge in [-0.05, 0) is 39.8 Å². The lowest BCUT2D eigenvalue weighted by molar-refractivity contribution is -0.133. The maximum absolute atomic E-state index is 12.8. The van der Waals surface area contributed by atoms with Crippen molar-refractivity contribution >= 4 is 18.3 Å². The molecule has 2 amide bonds.